The van der Waals surface area contributed by atoms with Gasteiger partial charge >= 0.3 is 6.09 Å². The van der Waals surface area contributed by atoms with Gasteiger partial charge in [0.15, 0.2) is 0 Å². The van der Waals surface area contributed by atoms with E-state index in [4.69, 9.17) is 4.74 Å². The van der Waals surface area contributed by atoms with Crippen LogP contribution in [0.4, 0.5) is 4.79 Å². The summed E-state index contributed by atoms with van der Waals surface area (Å²) in [6.45, 7) is 37.8. The van der Waals surface area contributed by atoms with E-state index in [1.165, 1.54) is 164 Å². The molecule has 1 rings (SSSR count). The molecule has 0 aromatic rings. The summed E-state index contributed by atoms with van der Waals surface area (Å²) in [5.41, 5.74) is -13.9. The highest BCUT2D eigenvalue weighted by molar-refractivity contribution is 8.77. The van der Waals surface area contributed by atoms with E-state index in [0.717, 1.165) is 25.7 Å². The number of carbonyl (C=O) groups excluding carboxylic acids is 17. The number of hydrogen-bond acceptors (Lipinski definition) is 20. The zero-order valence-electron chi connectivity index (χ0n) is 66.8. The highest BCUT2D eigenvalue weighted by Gasteiger charge is 2.43. The molecule has 0 aliphatic carbocycles. The Balaban J connectivity index is 2.76. The minimum Gasteiger partial charge on any atom is -0.444 e. The molecule has 9 atom stereocenters. The van der Waals surface area contributed by atoms with Gasteiger partial charge in [-0.05, 0) is 206 Å². The molecule has 0 bridgehead atoms. The van der Waals surface area contributed by atoms with Crippen molar-refractivity contribution < 1.29 is 86.2 Å². The molecule has 17 N–H and O–H groups in total. The first-order valence-electron chi connectivity index (χ1n) is 35.2. The van der Waals surface area contributed by atoms with Gasteiger partial charge in [-0.2, -0.15) is 0 Å². The summed E-state index contributed by atoms with van der Waals surface area (Å²) in [4.78, 5) is 226. The molecule has 1 aliphatic heterocycles. The van der Waals surface area contributed by atoms with Gasteiger partial charge in [-0.3, -0.25) is 76.7 Å². The van der Waals surface area contributed by atoms with E-state index in [2.05, 4.69) is 90.4 Å². The second-order valence-corrected chi connectivity index (χ2v) is 34.9. The van der Waals surface area contributed by atoms with Gasteiger partial charge in [0.2, 0.25) is 94.5 Å². The molecule has 106 heavy (non-hydrogen) atoms. The Labute approximate surface area is 630 Å². The maximum atomic E-state index is 13.6. The lowest BCUT2D eigenvalue weighted by molar-refractivity contribution is -0.139. The number of hydrogen-bond donors (Lipinski definition) is 17. The highest BCUT2D eigenvalue weighted by atomic mass is 33.1. The van der Waals surface area contributed by atoms with E-state index in [-0.39, 0.29) is 0 Å². The molecule has 1 saturated heterocycles. The van der Waals surface area contributed by atoms with Crippen LogP contribution in [0.5, 0.6) is 0 Å². The summed E-state index contributed by atoms with van der Waals surface area (Å²) >= 11 is 0. The molecule has 1 unspecified atom stereocenters. The highest BCUT2D eigenvalue weighted by Crippen LogP contribution is 2.40. The van der Waals surface area contributed by atoms with Gasteiger partial charge in [-0.1, -0.05) is 34.4 Å². The Hall–Kier alpha value is -8.51. The first kappa shape index (κ1) is 95.5. The molecule has 37 heteroatoms. The van der Waals surface area contributed by atoms with Crippen molar-refractivity contribution in [3.63, 3.8) is 0 Å². The lowest BCUT2D eigenvalue weighted by Crippen LogP contribution is -2.65. The summed E-state index contributed by atoms with van der Waals surface area (Å²) in [5.74, 6) is -11.5. The van der Waals surface area contributed by atoms with Gasteiger partial charge in [0.1, 0.15) is 98.2 Å². The first-order chi connectivity index (χ1) is 47.9. The van der Waals surface area contributed by atoms with Gasteiger partial charge in [-0.15, -0.1) is 0 Å². The molecule has 0 radical (unpaired) electrons. The van der Waals surface area contributed by atoms with Crippen molar-refractivity contribution in [3.05, 3.63) is 0 Å². The predicted molar refractivity (Wildman–Crippen MR) is 400 cm³/mol. The number of nitrogens with one attached hydrogen (secondary N) is 17. The predicted octanol–water partition coefficient (Wildman–Crippen LogP) is -0.579. The number of amides is 17. The van der Waals surface area contributed by atoms with E-state index in [9.17, 15) is 81.5 Å². The fourth-order valence-electron chi connectivity index (χ4n) is 9.09. The van der Waals surface area contributed by atoms with Gasteiger partial charge < -0.3 is 95.1 Å². The quantitative estimate of drug-likeness (QED) is 0.0272. The second kappa shape index (κ2) is 38.8. The number of ether oxygens (including phenoxy) is 1. The standard InChI is InChI=1S/C69H121N17O18S2/c1-35(44(87)79-62(12,13)52(95)70-33-30-28-29-31-43-32-34-105-106-43)71-53(96)63(14,15)80-45(88)36(2)72-54(97)64(16,17)81-46(89)37(3)73-55(98)65(18,19)82-47(90)38(4)74-56(99)66(20,21)83-48(91)39(5)75-57(100)67(22,23)84-49(92)40(6)76-58(101)68(24,25)85-50(93)41(7)77-59(102)69(26,27)86-51(94)42(8)78-60(103)104-61(9,10)11/h35-43H,28-34H2,1-27H3,(H,70,95)(H,71,96)(H,72,97)(H,73,98)(H,74,99)(H,75,100)(H,76,101)(H,77,102)(H,78,103)(H,79,87)(H,80,88)(H,81,89)(H,82,90)(H,83,91)(H,84,92)(H,85,93)(H,86,94)/t35-,36-,37-,38-,39-,40-,41-,42-,43?/m0/s1. The molecule has 602 valence electrons. The van der Waals surface area contributed by atoms with Crippen LogP contribution in [0.2, 0.25) is 0 Å². The topological polar surface area (TPSA) is 504 Å². The molecule has 35 nitrogen and oxygen atoms in total. The van der Waals surface area contributed by atoms with Crippen molar-refractivity contribution in [2.24, 2.45) is 0 Å². The molecule has 1 aliphatic rings. The van der Waals surface area contributed by atoms with Crippen LogP contribution >= 0.6 is 21.6 Å². The summed E-state index contributed by atoms with van der Waals surface area (Å²) in [5, 5.41) is 43.4. The van der Waals surface area contributed by atoms with Crippen molar-refractivity contribution in [2.45, 2.75) is 323 Å². The molecule has 17 amide bonds. The van der Waals surface area contributed by atoms with Crippen molar-refractivity contribution in [1.29, 1.82) is 0 Å². The van der Waals surface area contributed by atoms with E-state index < -0.39 is 199 Å². The van der Waals surface area contributed by atoms with Crippen LogP contribution in [0.15, 0.2) is 0 Å². The van der Waals surface area contributed by atoms with Crippen LogP contribution in [0.25, 0.3) is 0 Å². The zero-order valence-corrected chi connectivity index (χ0v) is 68.4. The SMILES string of the molecule is C[C@H](NC(=O)OC(C)(C)C)C(=O)NC(C)(C)C(=O)N[C@@H](C)C(=O)NC(C)(C)C(=O)N[C@@H](C)C(=O)NC(C)(C)C(=O)N[C@@H](C)C(=O)NC(C)(C)C(=O)N[C@@H](C)C(=O)NC(C)(C)C(=O)N[C@@H](C)C(=O)NC(C)(C)C(=O)N[C@@H](C)C(=O)NC(C)(C)C(=O)N[C@@H](C)C(=O)NC(C)(C)C(=O)NCCCCCC1CCSS1. The first-order valence-corrected chi connectivity index (χ1v) is 37.6. The zero-order chi connectivity index (χ0) is 82.6. The fourth-order valence-corrected chi connectivity index (χ4v) is 12.1. The maximum absolute atomic E-state index is 13.6. The van der Waals surface area contributed by atoms with Crippen LogP contribution in [0.3, 0.4) is 0 Å². The molecule has 0 spiro atoms. The molecule has 0 aromatic carbocycles. The van der Waals surface area contributed by atoms with Crippen LogP contribution < -0.4 is 90.4 Å². The number of alkyl carbamates (subject to hydrolysis) is 1. The molecule has 0 saturated carbocycles. The Morgan fingerprint density at radius 2 is 0.509 bits per heavy atom. The maximum Gasteiger partial charge on any atom is 0.408 e. The van der Waals surface area contributed by atoms with E-state index in [0.29, 0.717) is 11.8 Å². The third-order valence-corrected chi connectivity index (χ3v) is 19.6. The van der Waals surface area contributed by atoms with Crippen LogP contribution in [-0.4, -0.2) is 216 Å². The Morgan fingerprint density at radius 3 is 0.708 bits per heavy atom. The van der Waals surface area contributed by atoms with Crippen molar-refractivity contribution in [1.82, 2.24) is 90.4 Å². The Bertz CT molecular complexity index is 3270. The summed E-state index contributed by atoms with van der Waals surface area (Å²) in [6, 6.07) is -10.1. The number of rotatable bonds is 38. The summed E-state index contributed by atoms with van der Waals surface area (Å²) in [6.07, 6.45) is 4.34. The minimum absolute atomic E-state index is 0.391. The fraction of sp³-hybridized carbons (Fsp3) is 0.754. The smallest absolute Gasteiger partial charge is 0.408 e. The average Bonchev–Trinajstić information content (AvgIpc) is 1.24. The Kier molecular flexibility index (Phi) is 35.0. The number of carbonyl (C=O) groups is 17. The van der Waals surface area contributed by atoms with Gasteiger partial charge in [-0.25, -0.2) is 4.79 Å². The minimum atomic E-state index is -1.74. The van der Waals surface area contributed by atoms with Crippen molar-refractivity contribution >= 4 is 122 Å². The summed E-state index contributed by atoms with van der Waals surface area (Å²) in [7, 11) is 3.84. The van der Waals surface area contributed by atoms with Crippen molar-refractivity contribution in [3.8, 4) is 0 Å². The lowest BCUT2D eigenvalue weighted by Gasteiger charge is -2.32. The molecular weight excluding hydrogens is 1420 g/mol. The monoisotopic (exact) mass is 1540 g/mol. The van der Waals surface area contributed by atoms with Crippen LogP contribution in [0, 0.1) is 0 Å². The summed E-state index contributed by atoms with van der Waals surface area (Å²) < 4.78 is 5.16. The lowest BCUT2D eigenvalue weighted by atomic mass is 10.0. The van der Waals surface area contributed by atoms with E-state index in [1.54, 1.807) is 34.6 Å². The van der Waals surface area contributed by atoms with Crippen LogP contribution in [-0.2, 0) is 81.4 Å². The largest absolute Gasteiger partial charge is 0.444 e. The average molecular weight is 1540 g/mol. The number of unbranched alkanes of at least 4 members (excludes halogenated alkanes) is 2. The molecule has 0 aromatic heterocycles. The van der Waals surface area contributed by atoms with Gasteiger partial charge in [0.05, 0.1) is 0 Å². The Morgan fingerprint density at radius 1 is 0.302 bits per heavy atom. The van der Waals surface area contributed by atoms with E-state index >= 15 is 0 Å². The molecule has 1 heterocycles. The third-order valence-electron chi connectivity index (χ3n) is 16.6. The van der Waals surface area contributed by atoms with E-state index in [1.807, 2.05) is 21.6 Å². The van der Waals surface area contributed by atoms with Gasteiger partial charge in [0.25, 0.3) is 0 Å². The third kappa shape index (κ3) is 31.5. The molecule has 1 fully saturated rings. The van der Waals surface area contributed by atoms with Gasteiger partial charge in [0, 0.05) is 17.5 Å². The second-order valence-electron chi connectivity index (χ2n) is 32.1. The van der Waals surface area contributed by atoms with Crippen molar-refractivity contribution in [2.75, 3.05) is 12.3 Å². The molecular formula is C69H121N17O18S2. The van der Waals surface area contributed by atoms with Crippen LogP contribution in [0.1, 0.15) is 219 Å². The normalized spacial score (nSPS) is 16.0.